The first-order chi connectivity index (χ1) is 9.52. The van der Waals surface area contributed by atoms with Crippen LogP contribution in [-0.4, -0.2) is 29.6 Å². The molecule has 0 bridgehead atoms. The van der Waals surface area contributed by atoms with E-state index in [1.807, 2.05) is 31.2 Å². The topological polar surface area (TPSA) is 75.6 Å². The molecule has 0 radical (unpaired) electrons. The van der Waals surface area contributed by atoms with Gasteiger partial charge in [0.2, 0.25) is 5.91 Å². The van der Waals surface area contributed by atoms with Crippen molar-refractivity contribution in [1.29, 1.82) is 0 Å². The number of carbonyl (C=O) groups is 2. The Morgan fingerprint density at radius 2 is 2.15 bits per heavy atom. The predicted molar refractivity (Wildman–Crippen MR) is 75.8 cm³/mol. The van der Waals surface area contributed by atoms with Gasteiger partial charge in [-0.2, -0.15) is 0 Å². The summed E-state index contributed by atoms with van der Waals surface area (Å²) >= 11 is 0. The molecule has 0 spiro atoms. The third kappa shape index (κ3) is 5.73. The smallest absolute Gasteiger partial charge is 0.326 e. The maximum Gasteiger partial charge on any atom is 0.326 e. The summed E-state index contributed by atoms with van der Waals surface area (Å²) in [7, 11) is 0. The molecule has 1 aromatic carbocycles. The first kappa shape index (κ1) is 16.0. The van der Waals surface area contributed by atoms with Crippen LogP contribution >= 0.6 is 0 Å². The van der Waals surface area contributed by atoms with Crippen molar-refractivity contribution in [1.82, 2.24) is 5.32 Å². The van der Waals surface area contributed by atoms with E-state index in [4.69, 9.17) is 9.84 Å². The normalized spacial score (nSPS) is 11.7. The van der Waals surface area contributed by atoms with Crippen LogP contribution in [-0.2, 0) is 9.59 Å². The lowest BCUT2D eigenvalue weighted by atomic mass is 10.2. The number of aliphatic carboxylic acids is 1. The Morgan fingerprint density at radius 3 is 2.75 bits per heavy atom. The second kappa shape index (κ2) is 8.19. The summed E-state index contributed by atoms with van der Waals surface area (Å²) in [5, 5.41) is 11.3. The number of rotatable bonds is 8. The van der Waals surface area contributed by atoms with Crippen LogP contribution in [0.15, 0.2) is 24.3 Å². The van der Waals surface area contributed by atoms with E-state index in [-0.39, 0.29) is 12.3 Å². The van der Waals surface area contributed by atoms with Crippen molar-refractivity contribution in [3.05, 3.63) is 29.8 Å². The summed E-state index contributed by atoms with van der Waals surface area (Å²) in [4.78, 5) is 22.3. The fourth-order valence-electron chi connectivity index (χ4n) is 1.73. The van der Waals surface area contributed by atoms with Crippen LogP contribution in [0.25, 0.3) is 0 Å². The molecule has 5 heteroatoms. The van der Waals surface area contributed by atoms with E-state index in [1.165, 1.54) is 0 Å². The van der Waals surface area contributed by atoms with E-state index in [2.05, 4.69) is 5.32 Å². The molecule has 1 amide bonds. The number of benzene rings is 1. The van der Waals surface area contributed by atoms with E-state index in [1.54, 1.807) is 6.92 Å². The molecule has 1 rings (SSSR count). The quantitative estimate of drug-likeness (QED) is 0.715. The van der Waals surface area contributed by atoms with Gasteiger partial charge >= 0.3 is 5.97 Å². The van der Waals surface area contributed by atoms with Crippen molar-refractivity contribution in [2.24, 2.45) is 0 Å². The summed E-state index contributed by atoms with van der Waals surface area (Å²) in [6.07, 6.45) is 1.19. The molecule has 1 unspecified atom stereocenters. The molecule has 0 aromatic heterocycles. The third-order valence-corrected chi connectivity index (χ3v) is 2.85. The van der Waals surface area contributed by atoms with Crippen molar-refractivity contribution in [3.8, 4) is 5.75 Å². The van der Waals surface area contributed by atoms with Crippen LogP contribution in [0.3, 0.4) is 0 Å². The van der Waals surface area contributed by atoms with Crippen LogP contribution in [0.2, 0.25) is 0 Å². The zero-order chi connectivity index (χ0) is 15.0. The number of hydrogen-bond acceptors (Lipinski definition) is 3. The van der Waals surface area contributed by atoms with Crippen LogP contribution in [0.4, 0.5) is 0 Å². The van der Waals surface area contributed by atoms with Gasteiger partial charge in [-0.3, -0.25) is 4.79 Å². The van der Waals surface area contributed by atoms with Gasteiger partial charge in [-0.25, -0.2) is 4.79 Å². The molecule has 0 saturated carbocycles. The molecule has 0 fully saturated rings. The highest BCUT2D eigenvalue weighted by atomic mass is 16.5. The number of carbonyl (C=O) groups excluding carboxylic acids is 1. The number of hydrogen-bond donors (Lipinski definition) is 2. The lowest BCUT2D eigenvalue weighted by Gasteiger charge is -2.12. The zero-order valence-corrected chi connectivity index (χ0v) is 11.9. The second-order valence-electron chi connectivity index (χ2n) is 4.64. The van der Waals surface area contributed by atoms with Gasteiger partial charge in [-0.05, 0) is 37.5 Å². The Bertz CT molecular complexity index is 459. The van der Waals surface area contributed by atoms with Crippen molar-refractivity contribution in [2.45, 2.75) is 39.2 Å². The maximum absolute atomic E-state index is 11.6. The van der Waals surface area contributed by atoms with Gasteiger partial charge in [-0.15, -0.1) is 0 Å². The predicted octanol–water partition coefficient (Wildman–Crippen LogP) is 2.13. The summed E-state index contributed by atoms with van der Waals surface area (Å²) in [6, 6.07) is 6.88. The van der Waals surface area contributed by atoms with Gasteiger partial charge in [0.05, 0.1) is 6.61 Å². The molecule has 20 heavy (non-hydrogen) atoms. The molecule has 0 aliphatic rings. The molecule has 110 valence electrons. The molecule has 0 heterocycles. The molecule has 0 saturated heterocycles. The molecule has 5 nitrogen and oxygen atoms in total. The van der Waals surface area contributed by atoms with Crippen molar-refractivity contribution in [3.63, 3.8) is 0 Å². The Labute approximate surface area is 118 Å². The summed E-state index contributed by atoms with van der Waals surface area (Å²) in [5.74, 6) is -0.480. The van der Waals surface area contributed by atoms with Crippen LogP contribution < -0.4 is 10.1 Å². The number of carboxylic acids is 1. The van der Waals surface area contributed by atoms with Gasteiger partial charge in [-0.1, -0.05) is 19.1 Å². The third-order valence-electron chi connectivity index (χ3n) is 2.85. The van der Waals surface area contributed by atoms with Crippen molar-refractivity contribution in [2.75, 3.05) is 6.61 Å². The Kier molecular flexibility index (Phi) is 6.56. The highest BCUT2D eigenvalue weighted by Crippen LogP contribution is 2.12. The Balaban J connectivity index is 2.24. The van der Waals surface area contributed by atoms with E-state index in [0.717, 1.165) is 11.3 Å². The first-order valence-corrected chi connectivity index (χ1v) is 6.74. The molecule has 2 N–H and O–H groups in total. The molecule has 1 aromatic rings. The number of carboxylic acid groups (broad SMARTS) is 1. The van der Waals surface area contributed by atoms with Crippen LogP contribution in [0, 0.1) is 6.92 Å². The minimum atomic E-state index is -1.00. The first-order valence-electron chi connectivity index (χ1n) is 6.74. The molecule has 1 atom stereocenters. The largest absolute Gasteiger partial charge is 0.494 e. The monoisotopic (exact) mass is 279 g/mol. The average molecular weight is 279 g/mol. The highest BCUT2D eigenvalue weighted by Gasteiger charge is 2.16. The fraction of sp³-hybridized carbons (Fsp3) is 0.467. The summed E-state index contributed by atoms with van der Waals surface area (Å²) in [5.41, 5.74) is 1.12. The van der Waals surface area contributed by atoms with Crippen LogP contribution in [0.5, 0.6) is 5.75 Å². The van der Waals surface area contributed by atoms with Crippen molar-refractivity contribution < 1.29 is 19.4 Å². The van der Waals surface area contributed by atoms with Gasteiger partial charge in [0.1, 0.15) is 11.8 Å². The summed E-state index contributed by atoms with van der Waals surface area (Å²) in [6.45, 7) is 4.14. The van der Waals surface area contributed by atoms with Crippen LogP contribution in [0.1, 0.15) is 31.7 Å². The van der Waals surface area contributed by atoms with Crippen molar-refractivity contribution >= 4 is 11.9 Å². The Hall–Kier alpha value is -2.04. The molecular weight excluding hydrogens is 258 g/mol. The zero-order valence-electron chi connectivity index (χ0n) is 11.9. The molecule has 0 aliphatic carbocycles. The minimum Gasteiger partial charge on any atom is -0.494 e. The van der Waals surface area contributed by atoms with E-state index < -0.39 is 12.0 Å². The summed E-state index contributed by atoms with van der Waals surface area (Å²) < 4.78 is 5.52. The number of aryl methyl sites for hydroxylation is 1. The molecule has 0 aliphatic heterocycles. The SMILES string of the molecule is CCC(NC(=O)CCCOc1cccc(C)c1)C(=O)O. The lowest BCUT2D eigenvalue weighted by Crippen LogP contribution is -2.40. The van der Waals surface area contributed by atoms with Gasteiger partial charge in [0, 0.05) is 6.42 Å². The van der Waals surface area contributed by atoms with Gasteiger partial charge in [0.15, 0.2) is 0 Å². The minimum absolute atomic E-state index is 0.257. The standard InChI is InChI=1S/C15H21NO4/c1-3-13(15(18)19)16-14(17)8-5-9-20-12-7-4-6-11(2)10-12/h4,6-7,10,13H,3,5,8-9H2,1-2H3,(H,16,17)(H,18,19). The second-order valence-corrected chi connectivity index (χ2v) is 4.64. The highest BCUT2D eigenvalue weighted by molar-refractivity contribution is 5.83. The molecular formula is C15H21NO4. The lowest BCUT2D eigenvalue weighted by molar-refractivity contribution is -0.141. The van der Waals surface area contributed by atoms with Gasteiger partial charge in [0.25, 0.3) is 0 Å². The van der Waals surface area contributed by atoms with E-state index in [9.17, 15) is 9.59 Å². The number of nitrogens with one attached hydrogen (secondary N) is 1. The average Bonchev–Trinajstić information content (AvgIpc) is 2.40. The number of amides is 1. The van der Waals surface area contributed by atoms with Gasteiger partial charge < -0.3 is 15.2 Å². The fourth-order valence-corrected chi connectivity index (χ4v) is 1.73. The number of ether oxygens (including phenoxy) is 1. The Morgan fingerprint density at radius 1 is 1.40 bits per heavy atom. The van der Waals surface area contributed by atoms with E-state index in [0.29, 0.717) is 19.4 Å². The maximum atomic E-state index is 11.6. The van der Waals surface area contributed by atoms with E-state index >= 15 is 0 Å².